The van der Waals surface area contributed by atoms with Crippen LogP contribution in [0, 0.1) is 27.8 Å². The summed E-state index contributed by atoms with van der Waals surface area (Å²) in [6.07, 6.45) is 8.45. The van der Waals surface area contributed by atoms with Gasteiger partial charge in [0.1, 0.15) is 21.5 Å². The van der Waals surface area contributed by atoms with Gasteiger partial charge in [0.15, 0.2) is 0 Å². The third-order valence-electron chi connectivity index (χ3n) is 5.58. The van der Waals surface area contributed by atoms with E-state index in [1.807, 2.05) is 4.72 Å². The summed E-state index contributed by atoms with van der Waals surface area (Å²) in [6, 6.07) is 2.25. The van der Waals surface area contributed by atoms with Gasteiger partial charge in [-0.3, -0.25) is 9.52 Å². The molecule has 27 heavy (non-hydrogen) atoms. The number of carbonyl (C=O) groups excluding carboxylic acids is 1. The first kappa shape index (κ1) is 20.4. The van der Waals surface area contributed by atoms with Crippen LogP contribution in [-0.2, 0) is 9.92 Å². The third kappa shape index (κ3) is 5.13. The number of hydrogen-bond donors (Lipinski definition) is 2. The molecular formula is C19H26ClFN2O3S. The molecule has 0 heterocycles. The number of benzene rings is 1. The Morgan fingerprint density at radius 1 is 1.41 bits per heavy atom. The maximum atomic E-state index is 14.4. The lowest BCUT2D eigenvalue weighted by Crippen LogP contribution is -2.37. The van der Waals surface area contributed by atoms with Crippen molar-refractivity contribution in [3.8, 4) is 5.75 Å². The summed E-state index contributed by atoms with van der Waals surface area (Å²) in [7, 11) is -3.29. The quantitative estimate of drug-likeness (QED) is 0.724. The van der Waals surface area contributed by atoms with Gasteiger partial charge in [-0.05, 0) is 37.2 Å². The Kier molecular flexibility index (Phi) is 5.73. The fourth-order valence-corrected chi connectivity index (χ4v) is 5.35. The molecule has 3 unspecified atom stereocenters. The van der Waals surface area contributed by atoms with Crippen LogP contribution in [0.3, 0.4) is 0 Å². The molecular weight excluding hydrogens is 391 g/mol. The van der Waals surface area contributed by atoms with E-state index in [1.54, 1.807) is 0 Å². The molecule has 2 bridgehead atoms. The molecule has 2 N–H and O–H groups in total. The highest BCUT2D eigenvalue weighted by Gasteiger charge is 2.39. The van der Waals surface area contributed by atoms with Crippen molar-refractivity contribution in [3.63, 3.8) is 0 Å². The molecule has 1 aromatic rings. The number of halogens is 2. The number of carbonyl (C=O) groups is 1. The van der Waals surface area contributed by atoms with Crippen molar-refractivity contribution < 1.29 is 18.1 Å². The fraction of sp³-hybridized carbons (Fsp3) is 0.632. The van der Waals surface area contributed by atoms with E-state index in [1.165, 1.54) is 25.7 Å². The Labute approximate surface area is 165 Å². The van der Waals surface area contributed by atoms with Gasteiger partial charge in [0.05, 0.1) is 17.2 Å². The Morgan fingerprint density at radius 3 is 2.63 bits per heavy atom. The van der Waals surface area contributed by atoms with E-state index in [2.05, 4.69) is 6.92 Å². The summed E-state index contributed by atoms with van der Waals surface area (Å²) >= 11 is 6.19. The average Bonchev–Trinajstić information content (AvgIpc) is 2.53. The second-order valence-electron chi connectivity index (χ2n) is 8.44. The number of ether oxygens (including phenoxy) is 1. The van der Waals surface area contributed by atoms with Crippen molar-refractivity contribution in [1.82, 2.24) is 4.72 Å². The smallest absolute Gasteiger partial charge is 0.266 e. The number of fused-ring (bicyclic) bond motifs is 2. The van der Waals surface area contributed by atoms with E-state index in [9.17, 15) is 13.4 Å². The normalized spacial score (nSPS) is 29.6. The van der Waals surface area contributed by atoms with E-state index in [0.717, 1.165) is 43.1 Å². The molecule has 0 saturated heterocycles. The van der Waals surface area contributed by atoms with Crippen LogP contribution in [0.2, 0.25) is 5.02 Å². The maximum Gasteiger partial charge on any atom is 0.266 e. The summed E-state index contributed by atoms with van der Waals surface area (Å²) in [4.78, 5) is 12.0. The van der Waals surface area contributed by atoms with Crippen molar-refractivity contribution in [2.24, 2.45) is 17.3 Å². The number of nitrogens with one attached hydrogen (secondary N) is 2. The van der Waals surface area contributed by atoms with Gasteiger partial charge in [-0.1, -0.05) is 37.8 Å². The van der Waals surface area contributed by atoms with Crippen molar-refractivity contribution >= 4 is 27.4 Å². The minimum Gasteiger partial charge on any atom is -0.491 e. The van der Waals surface area contributed by atoms with Gasteiger partial charge in [0.2, 0.25) is 0 Å². The largest absolute Gasteiger partial charge is 0.491 e. The molecule has 3 atom stereocenters. The van der Waals surface area contributed by atoms with Crippen molar-refractivity contribution in [2.75, 3.05) is 12.9 Å². The van der Waals surface area contributed by atoms with Crippen LogP contribution in [0.1, 0.15) is 55.8 Å². The second-order valence-corrected chi connectivity index (χ2v) is 10.7. The molecule has 5 nitrogen and oxygen atoms in total. The zero-order valence-electron chi connectivity index (χ0n) is 15.6. The third-order valence-corrected chi connectivity index (χ3v) is 6.45. The number of hydrogen-bond acceptors (Lipinski definition) is 4. The first-order valence-electron chi connectivity index (χ1n) is 9.22. The van der Waals surface area contributed by atoms with Gasteiger partial charge < -0.3 is 4.74 Å². The minimum atomic E-state index is -3.29. The molecule has 0 aromatic heterocycles. The SMILES string of the molecule is CC1(COc2cc(F)c(C(=O)NS(C)(=N)=O)cc2Cl)CC2CCCC(C2)C1. The van der Waals surface area contributed by atoms with E-state index >= 15 is 0 Å². The summed E-state index contributed by atoms with van der Waals surface area (Å²) in [6.45, 7) is 2.68. The van der Waals surface area contributed by atoms with Crippen LogP contribution in [-0.4, -0.2) is 23.0 Å². The first-order valence-corrected chi connectivity index (χ1v) is 11.6. The Balaban J connectivity index is 1.70. The maximum absolute atomic E-state index is 14.4. The Bertz CT molecular complexity index is 832. The van der Waals surface area contributed by atoms with Gasteiger partial charge >= 0.3 is 0 Å². The highest BCUT2D eigenvalue weighted by Crippen LogP contribution is 2.49. The average molecular weight is 417 g/mol. The molecule has 150 valence electrons. The topological polar surface area (TPSA) is 79.2 Å². The summed E-state index contributed by atoms with van der Waals surface area (Å²) in [5, 5.41) is 0.119. The standard InChI is InChI=1S/C19H26ClFN2O3S/c1-19(9-12-4-3-5-13(6-12)10-19)11-26-17-8-16(21)14(7-15(17)20)18(24)23-27(2,22)25/h7-8,12-13H,3-6,9-11H2,1-2H3,(H2,22,23,24,25). The molecule has 0 spiro atoms. The monoisotopic (exact) mass is 416 g/mol. The number of rotatable bonds is 5. The second kappa shape index (κ2) is 7.59. The van der Waals surface area contributed by atoms with Gasteiger partial charge in [0.25, 0.3) is 5.91 Å². The molecule has 0 radical (unpaired) electrons. The predicted molar refractivity (Wildman–Crippen MR) is 104 cm³/mol. The molecule has 1 amide bonds. The predicted octanol–water partition coefficient (Wildman–Crippen LogP) is 4.79. The van der Waals surface area contributed by atoms with Crippen LogP contribution >= 0.6 is 11.6 Å². The highest BCUT2D eigenvalue weighted by molar-refractivity contribution is 7.90. The number of amides is 1. The molecule has 2 aliphatic carbocycles. The van der Waals surface area contributed by atoms with Crippen LogP contribution in [0.4, 0.5) is 4.39 Å². The summed E-state index contributed by atoms with van der Waals surface area (Å²) in [5.74, 6) is -0.0566. The molecule has 2 fully saturated rings. The lowest BCUT2D eigenvalue weighted by molar-refractivity contribution is 0.0297. The molecule has 2 aliphatic rings. The van der Waals surface area contributed by atoms with E-state index in [-0.39, 0.29) is 21.8 Å². The van der Waals surface area contributed by atoms with Crippen LogP contribution in [0.15, 0.2) is 12.1 Å². The van der Waals surface area contributed by atoms with Crippen molar-refractivity contribution in [1.29, 1.82) is 4.78 Å². The molecule has 2 saturated carbocycles. The Morgan fingerprint density at radius 2 is 2.04 bits per heavy atom. The van der Waals surface area contributed by atoms with E-state index in [4.69, 9.17) is 21.1 Å². The van der Waals surface area contributed by atoms with Gasteiger partial charge in [-0.15, -0.1) is 0 Å². The van der Waals surface area contributed by atoms with Crippen molar-refractivity contribution in [3.05, 3.63) is 28.5 Å². The first-order chi connectivity index (χ1) is 12.5. The molecule has 0 aliphatic heterocycles. The lowest BCUT2D eigenvalue weighted by atomic mass is 9.62. The zero-order chi connectivity index (χ0) is 19.8. The minimum absolute atomic E-state index is 0.0444. The van der Waals surface area contributed by atoms with Crippen LogP contribution in [0.25, 0.3) is 0 Å². The van der Waals surface area contributed by atoms with Crippen LogP contribution < -0.4 is 9.46 Å². The highest BCUT2D eigenvalue weighted by atomic mass is 35.5. The zero-order valence-corrected chi connectivity index (χ0v) is 17.2. The lowest BCUT2D eigenvalue weighted by Gasteiger charge is -2.45. The summed E-state index contributed by atoms with van der Waals surface area (Å²) in [5.41, 5.74) is -0.310. The Hall–Kier alpha value is -1.34. The fourth-order valence-electron chi connectivity index (χ4n) is 4.67. The molecule has 8 heteroatoms. The van der Waals surface area contributed by atoms with Crippen molar-refractivity contribution in [2.45, 2.75) is 45.4 Å². The van der Waals surface area contributed by atoms with E-state index < -0.39 is 21.6 Å². The molecule has 1 aromatic carbocycles. The van der Waals surface area contributed by atoms with Crippen LogP contribution in [0.5, 0.6) is 5.75 Å². The molecule has 3 rings (SSSR count). The van der Waals surface area contributed by atoms with E-state index in [0.29, 0.717) is 6.61 Å². The van der Waals surface area contributed by atoms with Gasteiger partial charge in [0, 0.05) is 17.7 Å². The van der Waals surface area contributed by atoms with Gasteiger partial charge in [-0.2, -0.15) is 0 Å². The summed E-state index contributed by atoms with van der Waals surface area (Å²) < 4.78 is 40.8. The van der Waals surface area contributed by atoms with Gasteiger partial charge in [-0.25, -0.2) is 13.4 Å².